The van der Waals surface area contributed by atoms with Crippen molar-refractivity contribution in [3.8, 4) is 5.75 Å². The van der Waals surface area contributed by atoms with E-state index < -0.39 is 0 Å². The Morgan fingerprint density at radius 3 is 2.69 bits per heavy atom. The van der Waals surface area contributed by atoms with Gasteiger partial charge in [-0.15, -0.1) is 0 Å². The molecule has 5 nitrogen and oxygen atoms in total. The molecule has 1 amide bonds. The number of ether oxygens (including phenoxy) is 1. The van der Waals surface area contributed by atoms with E-state index in [1.807, 2.05) is 72.2 Å². The lowest BCUT2D eigenvalue weighted by Crippen LogP contribution is -2.20. The Morgan fingerprint density at radius 1 is 1.07 bits per heavy atom. The Morgan fingerprint density at radius 2 is 1.86 bits per heavy atom. The van der Waals surface area contributed by atoms with Crippen LogP contribution in [0.4, 0.5) is 5.69 Å². The Hall–Kier alpha value is -3.31. The van der Waals surface area contributed by atoms with Crippen LogP contribution in [-0.4, -0.2) is 15.5 Å². The standard InChI is InChI=1S/C23H20ClN3O2/c1-16-7-6-8-17(13-16)25-23(28)14-27-20-11-4-3-10-19(20)26-22(27)15-29-21-12-5-2-9-18(21)24/h2-13H,14-15H2,1H3,(H,25,28). The van der Waals surface area contributed by atoms with E-state index in [9.17, 15) is 4.79 Å². The molecule has 29 heavy (non-hydrogen) atoms. The van der Waals surface area contributed by atoms with E-state index in [0.29, 0.717) is 16.6 Å². The molecule has 0 fully saturated rings. The van der Waals surface area contributed by atoms with Crippen molar-refractivity contribution in [1.29, 1.82) is 0 Å². The first-order valence-electron chi connectivity index (χ1n) is 9.28. The lowest BCUT2D eigenvalue weighted by atomic mass is 10.2. The molecule has 0 unspecified atom stereocenters. The van der Waals surface area contributed by atoms with Gasteiger partial charge < -0.3 is 14.6 Å². The normalized spacial score (nSPS) is 10.8. The number of carbonyl (C=O) groups excluding carboxylic acids is 1. The topological polar surface area (TPSA) is 56.2 Å². The van der Waals surface area contributed by atoms with Crippen LogP contribution in [0.25, 0.3) is 11.0 Å². The summed E-state index contributed by atoms with van der Waals surface area (Å²) in [6, 6.07) is 22.7. The predicted octanol–water partition coefficient (Wildman–Crippen LogP) is 5.22. The molecule has 146 valence electrons. The summed E-state index contributed by atoms with van der Waals surface area (Å²) >= 11 is 6.18. The molecule has 4 aromatic rings. The van der Waals surface area contributed by atoms with E-state index in [2.05, 4.69) is 10.3 Å². The largest absolute Gasteiger partial charge is 0.484 e. The van der Waals surface area contributed by atoms with Gasteiger partial charge in [0.25, 0.3) is 0 Å². The second-order valence-corrected chi connectivity index (χ2v) is 7.15. The second-order valence-electron chi connectivity index (χ2n) is 6.74. The van der Waals surface area contributed by atoms with E-state index in [4.69, 9.17) is 16.3 Å². The molecule has 1 aromatic heterocycles. The molecule has 0 atom stereocenters. The molecule has 6 heteroatoms. The van der Waals surface area contributed by atoms with Gasteiger partial charge in [-0.1, -0.05) is 48.0 Å². The van der Waals surface area contributed by atoms with E-state index in [0.717, 1.165) is 22.3 Å². The zero-order valence-corrected chi connectivity index (χ0v) is 16.7. The van der Waals surface area contributed by atoms with Gasteiger partial charge in [-0.3, -0.25) is 4.79 Å². The number of amides is 1. The van der Waals surface area contributed by atoms with Crippen LogP contribution >= 0.6 is 11.6 Å². The zero-order chi connectivity index (χ0) is 20.2. The fourth-order valence-electron chi connectivity index (χ4n) is 3.18. The molecule has 1 N–H and O–H groups in total. The first-order valence-corrected chi connectivity index (χ1v) is 9.66. The average Bonchev–Trinajstić information content (AvgIpc) is 3.05. The van der Waals surface area contributed by atoms with Gasteiger partial charge in [-0.05, 0) is 48.9 Å². The van der Waals surface area contributed by atoms with E-state index >= 15 is 0 Å². The number of hydrogen-bond acceptors (Lipinski definition) is 3. The van der Waals surface area contributed by atoms with Crippen molar-refractivity contribution in [3.05, 3.63) is 89.2 Å². The number of imidazole rings is 1. The highest BCUT2D eigenvalue weighted by atomic mass is 35.5. The van der Waals surface area contributed by atoms with Crippen molar-refractivity contribution < 1.29 is 9.53 Å². The SMILES string of the molecule is Cc1cccc(NC(=O)Cn2c(COc3ccccc3Cl)nc3ccccc32)c1. The van der Waals surface area contributed by atoms with Gasteiger partial charge in [0, 0.05) is 5.69 Å². The number of aromatic nitrogens is 2. The zero-order valence-electron chi connectivity index (χ0n) is 15.9. The Bertz CT molecular complexity index is 1170. The van der Waals surface area contributed by atoms with Crippen LogP contribution in [0.1, 0.15) is 11.4 Å². The molecule has 0 saturated heterocycles. The van der Waals surface area contributed by atoms with Crippen LogP contribution in [0.3, 0.4) is 0 Å². The van der Waals surface area contributed by atoms with E-state index in [1.54, 1.807) is 12.1 Å². The van der Waals surface area contributed by atoms with Crippen molar-refractivity contribution in [2.75, 3.05) is 5.32 Å². The third-order valence-electron chi connectivity index (χ3n) is 4.53. The number of hydrogen-bond donors (Lipinski definition) is 1. The molecular formula is C23H20ClN3O2. The highest BCUT2D eigenvalue weighted by molar-refractivity contribution is 6.32. The molecule has 4 rings (SSSR count). The van der Waals surface area contributed by atoms with Crippen molar-refractivity contribution in [2.45, 2.75) is 20.1 Å². The number of benzene rings is 3. The summed E-state index contributed by atoms with van der Waals surface area (Å²) in [6.07, 6.45) is 0. The van der Waals surface area contributed by atoms with Crippen molar-refractivity contribution in [3.63, 3.8) is 0 Å². The number of nitrogens with zero attached hydrogens (tertiary/aromatic N) is 2. The number of carbonyl (C=O) groups is 1. The van der Waals surface area contributed by atoms with Crippen LogP contribution < -0.4 is 10.1 Å². The van der Waals surface area contributed by atoms with Gasteiger partial charge in [0.15, 0.2) is 0 Å². The number of nitrogens with one attached hydrogen (secondary N) is 1. The van der Waals surface area contributed by atoms with Gasteiger partial charge in [0.05, 0.1) is 16.1 Å². The summed E-state index contributed by atoms with van der Waals surface area (Å²) in [5.41, 5.74) is 3.55. The monoisotopic (exact) mass is 405 g/mol. The van der Waals surface area contributed by atoms with Crippen molar-refractivity contribution in [1.82, 2.24) is 9.55 Å². The van der Waals surface area contributed by atoms with Gasteiger partial charge in [0.2, 0.25) is 5.91 Å². The molecule has 0 saturated carbocycles. The van der Waals surface area contributed by atoms with Crippen molar-refractivity contribution >= 4 is 34.2 Å². The maximum Gasteiger partial charge on any atom is 0.244 e. The number of fused-ring (bicyclic) bond motifs is 1. The summed E-state index contributed by atoms with van der Waals surface area (Å²) in [5.74, 6) is 1.11. The highest BCUT2D eigenvalue weighted by Crippen LogP contribution is 2.25. The van der Waals surface area contributed by atoms with E-state index in [-0.39, 0.29) is 19.1 Å². The number of para-hydroxylation sites is 3. The molecular weight excluding hydrogens is 386 g/mol. The van der Waals surface area contributed by atoms with Gasteiger partial charge in [-0.25, -0.2) is 4.98 Å². The van der Waals surface area contributed by atoms with Crippen LogP contribution in [0.5, 0.6) is 5.75 Å². The van der Waals surface area contributed by atoms with Crippen LogP contribution in [0.15, 0.2) is 72.8 Å². The van der Waals surface area contributed by atoms with Crippen LogP contribution in [0.2, 0.25) is 5.02 Å². The van der Waals surface area contributed by atoms with Crippen LogP contribution in [-0.2, 0) is 17.9 Å². The number of anilines is 1. The second kappa shape index (κ2) is 8.37. The third-order valence-corrected chi connectivity index (χ3v) is 4.84. The summed E-state index contributed by atoms with van der Waals surface area (Å²) in [7, 11) is 0. The summed E-state index contributed by atoms with van der Waals surface area (Å²) in [6.45, 7) is 2.33. The molecule has 0 spiro atoms. The minimum atomic E-state index is -0.127. The Kier molecular flexibility index (Phi) is 5.49. The first kappa shape index (κ1) is 19.0. The number of rotatable bonds is 6. The fourth-order valence-corrected chi connectivity index (χ4v) is 3.37. The van der Waals surface area contributed by atoms with E-state index in [1.165, 1.54) is 0 Å². The first-order chi connectivity index (χ1) is 14.1. The fraction of sp³-hybridized carbons (Fsp3) is 0.130. The molecule has 0 radical (unpaired) electrons. The Balaban J connectivity index is 1.58. The summed E-state index contributed by atoms with van der Waals surface area (Å²) < 4.78 is 7.73. The maximum atomic E-state index is 12.7. The molecule has 0 aliphatic heterocycles. The minimum Gasteiger partial charge on any atom is -0.484 e. The smallest absolute Gasteiger partial charge is 0.244 e. The number of aryl methyl sites for hydroxylation is 1. The maximum absolute atomic E-state index is 12.7. The molecule has 0 aliphatic rings. The van der Waals surface area contributed by atoms with Crippen molar-refractivity contribution in [2.24, 2.45) is 0 Å². The third kappa shape index (κ3) is 4.41. The highest BCUT2D eigenvalue weighted by Gasteiger charge is 2.15. The summed E-state index contributed by atoms with van der Waals surface area (Å²) in [5, 5.41) is 3.48. The van der Waals surface area contributed by atoms with Crippen LogP contribution in [0, 0.1) is 6.92 Å². The molecule has 3 aromatic carbocycles. The quantitative estimate of drug-likeness (QED) is 0.478. The lowest BCUT2D eigenvalue weighted by molar-refractivity contribution is -0.116. The molecule has 1 heterocycles. The Labute approximate surface area is 173 Å². The van der Waals surface area contributed by atoms with Gasteiger partial charge in [-0.2, -0.15) is 0 Å². The van der Waals surface area contributed by atoms with Gasteiger partial charge in [0.1, 0.15) is 24.7 Å². The molecule has 0 bridgehead atoms. The van der Waals surface area contributed by atoms with Gasteiger partial charge >= 0.3 is 0 Å². The summed E-state index contributed by atoms with van der Waals surface area (Å²) in [4.78, 5) is 17.3. The average molecular weight is 406 g/mol. The molecule has 0 aliphatic carbocycles. The number of halogens is 1. The predicted molar refractivity (Wildman–Crippen MR) is 115 cm³/mol. The minimum absolute atomic E-state index is 0.127. The lowest BCUT2D eigenvalue weighted by Gasteiger charge is -2.12.